The number of amides is 1. The van der Waals surface area contributed by atoms with Crippen LogP contribution in [0.4, 0.5) is 17.1 Å². The highest BCUT2D eigenvalue weighted by Crippen LogP contribution is 2.36. The molecule has 0 spiro atoms. The number of anilines is 3. The third-order valence-corrected chi connectivity index (χ3v) is 4.89. The number of rotatable bonds is 5. The van der Waals surface area contributed by atoms with Crippen LogP contribution < -0.4 is 15.1 Å². The first-order valence-corrected chi connectivity index (χ1v) is 9.33. The van der Waals surface area contributed by atoms with Gasteiger partial charge in [-0.25, -0.2) is 0 Å². The highest BCUT2D eigenvalue weighted by molar-refractivity contribution is 6.11. The molecule has 1 aliphatic heterocycles. The Balaban J connectivity index is 1.71. The van der Waals surface area contributed by atoms with Gasteiger partial charge in [-0.3, -0.25) is 9.69 Å². The van der Waals surface area contributed by atoms with Crippen molar-refractivity contribution in [2.45, 2.75) is 6.04 Å². The maximum absolute atomic E-state index is 13.3. The number of benzene rings is 3. The van der Waals surface area contributed by atoms with Gasteiger partial charge in [-0.05, 0) is 48.0 Å². The van der Waals surface area contributed by atoms with Crippen molar-refractivity contribution < 1.29 is 4.79 Å². The molecule has 0 aromatic heterocycles. The van der Waals surface area contributed by atoms with Gasteiger partial charge in [0.2, 0.25) is 0 Å². The molecule has 1 amide bonds. The average molecular weight is 369 g/mol. The van der Waals surface area contributed by atoms with Crippen molar-refractivity contribution in [3.05, 3.63) is 102 Å². The molecule has 0 saturated heterocycles. The predicted octanol–water partition coefficient (Wildman–Crippen LogP) is 4.84. The lowest BCUT2D eigenvalue weighted by molar-refractivity contribution is -0.114. The molecule has 1 unspecified atom stereocenters. The molecule has 0 aliphatic carbocycles. The van der Waals surface area contributed by atoms with Crippen LogP contribution in [0.5, 0.6) is 0 Å². The second kappa shape index (κ2) is 7.61. The second-order valence-electron chi connectivity index (χ2n) is 7.01. The zero-order valence-corrected chi connectivity index (χ0v) is 16.0. The van der Waals surface area contributed by atoms with E-state index in [4.69, 9.17) is 0 Å². The van der Waals surface area contributed by atoms with Crippen LogP contribution in [0.15, 0.2) is 96.7 Å². The van der Waals surface area contributed by atoms with Crippen LogP contribution in [-0.2, 0) is 4.79 Å². The van der Waals surface area contributed by atoms with Crippen LogP contribution in [0.2, 0.25) is 0 Å². The van der Waals surface area contributed by atoms with E-state index in [0.717, 1.165) is 22.6 Å². The van der Waals surface area contributed by atoms with Gasteiger partial charge >= 0.3 is 0 Å². The molecule has 1 heterocycles. The SMILES string of the molecule is CN(C)c1ccc(C2C=C(Nc3ccccc3)C(=O)N2c2ccccc2)cc1. The zero-order chi connectivity index (χ0) is 19.5. The third kappa shape index (κ3) is 3.49. The quantitative estimate of drug-likeness (QED) is 0.699. The third-order valence-electron chi connectivity index (χ3n) is 4.89. The molecule has 3 aromatic carbocycles. The lowest BCUT2D eigenvalue weighted by atomic mass is 10.1. The molecule has 1 aliphatic rings. The van der Waals surface area contributed by atoms with Crippen molar-refractivity contribution in [2.24, 2.45) is 0 Å². The molecule has 0 saturated carbocycles. The van der Waals surface area contributed by atoms with Crippen LogP contribution in [0.25, 0.3) is 0 Å². The molecule has 4 heteroatoms. The van der Waals surface area contributed by atoms with Gasteiger partial charge in [-0.2, -0.15) is 0 Å². The molecule has 140 valence electrons. The summed E-state index contributed by atoms with van der Waals surface area (Å²) in [6.45, 7) is 0. The molecule has 0 fully saturated rings. The van der Waals surface area contributed by atoms with Crippen LogP contribution in [0.1, 0.15) is 11.6 Å². The topological polar surface area (TPSA) is 35.6 Å². The lowest BCUT2D eigenvalue weighted by Gasteiger charge is -2.25. The van der Waals surface area contributed by atoms with E-state index in [-0.39, 0.29) is 11.9 Å². The van der Waals surface area contributed by atoms with Crippen molar-refractivity contribution in [2.75, 3.05) is 29.2 Å². The maximum Gasteiger partial charge on any atom is 0.275 e. The number of nitrogens with zero attached hydrogens (tertiary/aromatic N) is 2. The van der Waals surface area contributed by atoms with Crippen molar-refractivity contribution in [1.82, 2.24) is 0 Å². The zero-order valence-electron chi connectivity index (χ0n) is 16.0. The molecule has 28 heavy (non-hydrogen) atoms. The van der Waals surface area contributed by atoms with Crippen molar-refractivity contribution in [1.29, 1.82) is 0 Å². The van der Waals surface area contributed by atoms with Crippen molar-refractivity contribution >= 4 is 23.0 Å². The Bertz CT molecular complexity index is 979. The fourth-order valence-electron chi connectivity index (χ4n) is 3.41. The Morgan fingerprint density at radius 2 is 1.43 bits per heavy atom. The molecule has 1 N–H and O–H groups in total. The highest BCUT2D eigenvalue weighted by atomic mass is 16.2. The Morgan fingerprint density at radius 3 is 2.04 bits per heavy atom. The fraction of sp³-hybridized carbons (Fsp3) is 0.125. The van der Waals surface area contributed by atoms with Gasteiger partial charge in [0, 0.05) is 31.2 Å². The van der Waals surface area contributed by atoms with Crippen molar-refractivity contribution in [3.8, 4) is 0 Å². The van der Waals surface area contributed by atoms with E-state index in [1.54, 1.807) is 0 Å². The van der Waals surface area contributed by atoms with Crippen molar-refractivity contribution in [3.63, 3.8) is 0 Å². The summed E-state index contributed by atoms with van der Waals surface area (Å²) in [4.78, 5) is 17.2. The minimum atomic E-state index is -0.155. The molecular formula is C24H23N3O. The molecule has 1 atom stereocenters. The summed E-state index contributed by atoms with van der Waals surface area (Å²) in [5.41, 5.74) is 4.59. The Hall–Kier alpha value is -3.53. The predicted molar refractivity (Wildman–Crippen MR) is 116 cm³/mol. The summed E-state index contributed by atoms with van der Waals surface area (Å²) in [6, 6.07) is 27.8. The Kier molecular flexibility index (Phi) is 4.85. The van der Waals surface area contributed by atoms with E-state index in [9.17, 15) is 4.79 Å². The summed E-state index contributed by atoms with van der Waals surface area (Å²) in [5.74, 6) is -0.0308. The molecular weight excluding hydrogens is 346 g/mol. The van der Waals surface area contributed by atoms with Crippen LogP contribution in [0.3, 0.4) is 0 Å². The Labute approximate surface area is 165 Å². The molecule has 4 rings (SSSR count). The first-order valence-electron chi connectivity index (χ1n) is 9.33. The van der Waals surface area contributed by atoms with E-state index < -0.39 is 0 Å². The first-order chi connectivity index (χ1) is 13.6. The molecule has 0 radical (unpaired) electrons. The van der Waals surface area contributed by atoms with Crippen LogP contribution in [0, 0.1) is 0 Å². The second-order valence-corrected chi connectivity index (χ2v) is 7.01. The highest BCUT2D eigenvalue weighted by Gasteiger charge is 2.34. The molecule has 3 aromatic rings. The lowest BCUT2D eigenvalue weighted by Crippen LogP contribution is -2.30. The summed E-state index contributed by atoms with van der Waals surface area (Å²) >= 11 is 0. The van der Waals surface area contributed by atoms with Gasteiger partial charge in [0.05, 0.1) is 6.04 Å². The number of para-hydroxylation sites is 2. The number of carbonyl (C=O) groups excluding carboxylic acids is 1. The van der Waals surface area contributed by atoms with E-state index in [1.807, 2.05) is 85.7 Å². The fourth-order valence-corrected chi connectivity index (χ4v) is 3.41. The summed E-state index contributed by atoms with van der Waals surface area (Å²) in [5, 5.41) is 3.28. The van der Waals surface area contributed by atoms with Crippen LogP contribution in [-0.4, -0.2) is 20.0 Å². The van der Waals surface area contributed by atoms with Gasteiger partial charge in [-0.15, -0.1) is 0 Å². The summed E-state index contributed by atoms with van der Waals surface area (Å²) < 4.78 is 0. The van der Waals surface area contributed by atoms with E-state index >= 15 is 0 Å². The normalized spacial score (nSPS) is 16.1. The number of nitrogens with one attached hydrogen (secondary N) is 1. The van der Waals surface area contributed by atoms with Gasteiger partial charge in [0.1, 0.15) is 5.70 Å². The largest absolute Gasteiger partial charge is 0.378 e. The summed E-state index contributed by atoms with van der Waals surface area (Å²) in [6.07, 6.45) is 2.01. The standard InChI is InChI=1S/C24H23N3O/c1-26(2)20-15-13-18(14-16-20)23-17-22(25-19-9-5-3-6-10-19)24(28)27(23)21-11-7-4-8-12-21/h3-17,23,25H,1-2H3. The van der Waals surface area contributed by atoms with E-state index in [0.29, 0.717) is 5.70 Å². The van der Waals surface area contributed by atoms with Gasteiger partial charge in [-0.1, -0.05) is 48.5 Å². The van der Waals surface area contributed by atoms with Crippen LogP contribution >= 0.6 is 0 Å². The maximum atomic E-state index is 13.3. The molecule has 4 nitrogen and oxygen atoms in total. The van der Waals surface area contributed by atoms with E-state index in [2.05, 4.69) is 34.5 Å². The Morgan fingerprint density at radius 1 is 0.821 bits per heavy atom. The monoisotopic (exact) mass is 369 g/mol. The minimum Gasteiger partial charge on any atom is -0.378 e. The van der Waals surface area contributed by atoms with Gasteiger partial charge in [0.25, 0.3) is 5.91 Å². The smallest absolute Gasteiger partial charge is 0.275 e. The summed E-state index contributed by atoms with van der Waals surface area (Å²) in [7, 11) is 4.04. The molecule has 0 bridgehead atoms. The minimum absolute atomic E-state index is 0.0308. The average Bonchev–Trinajstić information content (AvgIpc) is 3.05. The van der Waals surface area contributed by atoms with E-state index in [1.165, 1.54) is 0 Å². The van der Waals surface area contributed by atoms with Gasteiger partial charge < -0.3 is 10.2 Å². The number of carbonyl (C=O) groups is 1. The first kappa shape index (κ1) is 17.9. The number of hydrogen-bond acceptors (Lipinski definition) is 3. The van der Waals surface area contributed by atoms with Gasteiger partial charge in [0.15, 0.2) is 0 Å². The number of hydrogen-bond donors (Lipinski definition) is 1.